The van der Waals surface area contributed by atoms with E-state index in [1.807, 2.05) is 0 Å². The minimum atomic E-state index is -4.05. The fourth-order valence-corrected chi connectivity index (χ4v) is 4.02. The molecule has 3 aromatic rings. The van der Waals surface area contributed by atoms with Gasteiger partial charge < -0.3 is 9.30 Å². The number of ketones is 1. The van der Waals surface area contributed by atoms with Gasteiger partial charge in [0.15, 0.2) is 6.61 Å². The monoisotopic (exact) mass is 478 g/mol. The van der Waals surface area contributed by atoms with E-state index in [4.69, 9.17) is 21.5 Å². The third-order valence-corrected chi connectivity index (χ3v) is 6.21. The zero-order valence-electron chi connectivity index (χ0n) is 17.5. The molecule has 1 heterocycles. The molecule has 0 unspecified atom stereocenters. The molecule has 0 fully saturated rings. The van der Waals surface area contributed by atoms with Crippen molar-refractivity contribution in [2.45, 2.75) is 25.7 Å². The summed E-state index contributed by atoms with van der Waals surface area (Å²) in [7, 11) is -4.05. The first-order valence-electron chi connectivity index (χ1n) is 9.38. The molecule has 32 heavy (non-hydrogen) atoms. The van der Waals surface area contributed by atoms with E-state index < -0.39 is 28.4 Å². The molecule has 0 aliphatic rings. The third-order valence-electron chi connectivity index (χ3n) is 4.97. The Balaban J connectivity index is 1.82. The van der Waals surface area contributed by atoms with Gasteiger partial charge in [-0.3, -0.25) is 4.79 Å². The Bertz CT molecular complexity index is 1350. The van der Waals surface area contributed by atoms with E-state index in [2.05, 4.69) is 0 Å². The molecular weight excluding hydrogens is 459 g/mol. The molecule has 0 amide bonds. The number of primary sulfonamides is 1. The Morgan fingerprint density at radius 3 is 2.38 bits per heavy atom. The van der Waals surface area contributed by atoms with Crippen LogP contribution in [0.3, 0.4) is 0 Å². The molecule has 0 saturated carbocycles. The molecule has 10 heteroatoms. The topological polar surface area (TPSA) is 108 Å². The van der Waals surface area contributed by atoms with Gasteiger partial charge in [0, 0.05) is 22.6 Å². The third kappa shape index (κ3) is 4.74. The van der Waals surface area contributed by atoms with Crippen molar-refractivity contribution >= 4 is 33.4 Å². The van der Waals surface area contributed by atoms with Crippen LogP contribution in [0.25, 0.3) is 5.69 Å². The quantitative estimate of drug-likeness (QED) is 0.427. The van der Waals surface area contributed by atoms with Gasteiger partial charge in [0.05, 0.1) is 15.5 Å². The van der Waals surface area contributed by atoms with Crippen LogP contribution >= 0.6 is 11.6 Å². The van der Waals surface area contributed by atoms with Crippen molar-refractivity contribution in [1.29, 1.82) is 0 Å². The number of aryl methyl sites for hydroxylation is 2. The van der Waals surface area contributed by atoms with Crippen LogP contribution in [-0.2, 0) is 14.8 Å². The predicted octanol–water partition coefficient (Wildman–Crippen LogP) is 3.88. The number of benzene rings is 2. The minimum absolute atomic E-state index is 0.0468. The number of carbonyl (C=O) groups is 2. The van der Waals surface area contributed by atoms with Gasteiger partial charge >= 0.3 is 5.97 Å². The average Bonchev–Trinajstić information content (AvgIpc) is 3.01. The van der Waals surface area contributed by atoms with Crippen LogP contribution in [0.15, 0.2) is 47.4 Å². The highest BCUT2D eigenvalue weighted by atomic mass is 35.5. The number of ether oxygens (including phenoxy) is 1. The molecule has 0 bridgehead atoms. The number of Topliss-reactive ketones (excluding diaryl/α,β-unsaturated/α-hetero) is 1. The van der Waals surface area contributed by atoms with Crippen molar-refractivity contribution in [3.8, 4) is 5.69 Å². The summed E-state index contributed by atoms with van der Waals surface area (Å²) >= 11 is 5.96. The molecule has 1 aromatic heterocycles. The lowest BCUT2D eigenvalue weighted by Gasteiger charge is -2.11. The molecular formula is C22H20ClFN2O5S. The van der Waals surface area contributed by atoms with Crippen molar-refractivity contribution in [2.75, 3.05) is 6.61 Å². The minimum Gasteiger partial charge on any atom is -0.454 e. The van der Waals surface area contributed by atoms with Crippen molar-refractivity contribution in [2.24, 2.45) is 5.14 Å². The van der Waals surface area contributed by atoms with E-state index in [9.17, 15) is 22.4 Å². The van der Waals surface area contributed by atoms with Crippen molar-refractivity contribution in [3.05, 3.63) is 81.4 Å². The van der Waals surface area contributed by atoms with Gasteiger partial charge in [0.25, 0.3) is 0 Å². The standard InChI is InChI=1S/C22H20ClFN2O5S/c1-12-4-5-15(9-20(12)24)26-13(2)8-17(14(26)3)21(27)11-31-22(28)18-10-16(32(25,29)30)6-7-19(18)23/h4-10H,11H2,1-3H3,(H2,25,29,30). The van der Waals surface area contributed by atoms with Crippen LogP contribution in [0.1, 0.15) is 37.7 Å². The van der Waals surface area contributed by atoms with Crippen LogP contribution in [0.5, 0.6) is 0 Å². The van der Waals surface area contributed by atoms with Gasteiger partial charge in [-0.2, -0.15) is 0 Å². The number of nitrogens with zero attached hydrogens (tertiary/aromatic N) is 1. The Morgan fingerprint density at radius 1 is 1.06 bits per heavy atom. The van der Waals surface area contributed by atoms with E-state index in [1.165, 1.54) is 12.1 Å². The number of esters is 1. The lowest BCUT2D eigenvalue weighted by atomic mass is 10.1. The summed E-state index contributed by atoms with van der Waals surface area (Å²) in [5, 5.41) is 5.02. The highest BCUT2D eigenvalue weighted by molar-refractivity contribution is 7.89. The van der Waals surface area contributed by atoms with Crippen LogP contribution < -0.4 is 5.14 Å². The number of carbonyl (C=O) groups excluding carboxylic acids is 2. The average molecular weight is 479 g/mol. The maximum Gasteiger partial charge on any atom is 0.340 e. The second-order valence-corrected chi connectivity index (χ2v) is 9.21. The molecule has 0 aliphatic carbocycles. The van der Waals surface area contributed by atoms with E-state index in [0.717, 1.165) is 12.1 Å². The molecule has 7 nitrogen and oxygen atoms in total. The Labute approximate surface area is 189 Å². The fourth-order valence-electron chi connectivity index (χ4n) is 3.29. The summed E-state index contributed by atoms with van der Waals surface area (Å²) < 4.78 is 43.8. The number of nitrogens with two attached hydrogens (primary N) is 1. The van der Waals surface area contributed by atoms with Crippen molar-refractivity contribution in [1.82, 2.24) is 4.57 Å². The highest BCUT2D eigenvalue weighted by Crippen LogP contribution is 2.24. The van der Waals surface area contributed by atoms with Gasteiger partial charge in [0.1, 0.15) is 5.82 Å². The zero-order chi connectivity index (χ0) is 23.8. The first-order valence-corrected chi connectivity index (χ1v) is 11.3. The second kappa shape index (κ2) is 8.85. The van der Waals surface area contributed by atoms with Crippen LogP contribution in [-0.4, -0.2) is 31.3 Å². The summed E-state index contributed by atoms with van der Waals surface area (Å²) in [4.78, 5) is 24.8. The van der Waals surface area contributed by atoms with Gasteiger partial charge in [-0.25, -0.2) is 22.7 Å². The smallest absolute Gasteiger partial charge is 0.340 e. The molecule has 2 N–H and O–H groups in total. The molecule has 0 radical (unpaired) electrons. The van der Waals surface area contributed by atoms with Crippen molar-refractivity contribution in [3.63, 3.8) is 0 Å². The molecule has 0 atom stereocenters. The van der Waals surface area contributed by atoms with E-state index in [1.54, 1.807) is 43.5 Å². The van der Waals surface area contributed by atoms with E-state index >= 15 is 0 Å². The van der Waals surface area contributed by atoms with Gasteiger partial charge in [-0.15, -0.1) is 0 Å². The maximum atomic E-state index is 14.0. The van der Waals surface area contributed by atoms with Gasteiger partial charge in [-0.1, -0.05) is 17.7 Å². The first kappa shape index (κ1) is 23.6. The summed E-state index contributed by atoms with van der Waals surface area (Å²) in [5.41, 5.74) is 2.40. The summed E-state index contributed by atoms with van der Waals surface area (Å²) in [6.45, 7) is 4.53. The highest BCUT2D eigenvalue weighted by Gasteiger charge is 2.21. The van der Waals surface area contributed by atoms with Crippen LogP contribution in [0.2, 0.25) is 5.02 Å². The summed E-state index contributed by atoms with van der Waals surface area (Å²) in [6, 6.07) is 9.74. The van der Waals surface area contributed by atoms with Crippen molar-refractivity contribution < 1.29 is 27.1 Å². The van der Waals surface area contributed by atoms with Crippen LogP contribution in [0.4, 0.5) is 4.39 Å². The van der Waals surface area contributed by atoms with E-state index in [-0.39, 0.29) is 21.3 Å². The predicted molar refractivity (Wildman–Crippen MR) is 117 cm³/mol. The lowest BCUT2D eigenvalue weighted by Crippen LogP contribution is -2.17. The largest absolute Gasteiger partial charge is 0.454 e. The summed E-state index contributed by atoms with van der Waals surface area (Å²) in [5.74, 6) is -1.82. The fraction of sp³-hybridized carbons (Fsp3) is 0.182. The molecule has 0 saturated heterocycles. The number of aromatic nitrogens is 1. The Hall–Kier alpha value is -3.01. The molecule has 2 aromatic carbocycles. The van der Waals surface area contributed by atoms with E-state index in [0.29, 0.717) is 28.2 Å². The van der Waals surface area contributed by atoms with Gasteiger partial charge in [0.2, 0.25) is 15.8 Å². The zero-order valence-corrected chi connectivity index (χ0v) is 19.1. The maximum absolute atomic E-state index is 14.0. The Kier molecular flexibility index (Phi) is 6.54. The number of halogens is 2. The summed E-state index contributed by atoms with van der Waals surface area (Å²) in [6.07, 6.45) is 0. The number of rotatable bonds is 6. The number of hydrogen-bond acceptors (Lipinski definition) is 5. The second-order valence-electron chi connectivity index (χ2n) is 7.24. The number of sulfonamides is 1. The first-order chi connectivity index (χ1) is 14.9. The van der Waals surface area contributed by atoms with Gasteiger partial charge in [-0.05, 0) is 62.7 Å². The molecule has 0 spiro atoms. The molecule has 0 aliphatic heterocycles. The SMILES string of the molecule is Cc1ccc(-n2c(C)cc(C(=O)COC(=O)c3cc(S(N)(=O)=O)ccc3Cl)c2C)cc1F. The molecule has 168 valence electrons. The Morgan fingerprint density at radius 2 is 1.75 bits per heavy atom. The number of hydrogen-bond donors (Lipinski definition) is 1. The molecule has 3 rings (SSSR count). The normalized spacial score (nSPS) is 11.4. The van der Waals surface area contributed by atoms with Crippen LogP contribution in [0, 0.1) is 26.6 Å². The lowest BCUT2D eigenvalue weighted by molar-refractivity contribution is 0.0474.